The van der Waals surface area contributed by atoms with Crippen LogP contribution >= 0.6 is 0 Å². The van der Waals surface area contributed by atoms with Crippen molar-refractivity contribution in [2.24, 2.45) is 0 Å². The first-order valence-electron chi connectivity index (χ1n) is 10.1. The smallest absolute Gasteiger partial charge is 0.335 e. The third kappa shape index (κ3) is 3.46. The molecule has 1 aromatic heterocycles. The number of barbiturate groups is 1. The molecule has 4 amide bonds. The van der Waals surface area contributed by atoms with E-state index in [2.05, 4.69) is 16.5 Å². The average Bonchev–Trinajstić information content (AvgIpc) is 3.03. The number of anilines is 1. The van der Waals surface area contributed by atoms with Crippen molar-refractivity contribution in [3.8, 4) is 0 Å². The van der Waals surface area contributed by atoms with Crippen LogP contribution in [0.1, 0.15) is 23.7 Å². The summed E-state index contributed by atoms with van der Waals surface area (Å²) < 4.78 is 2.08. The molecule has 4 rings (SSSR count). The SMILES string of the molecule is C=CCn1c(C)c(/C=C2/C(=O)NC(=O)N(c3ccc(CC)cc3)C2=O)c2ccccc21. The molecule has 1 N–H and O–H groups in total. The molecule has 0 saturated carbocycles. The molecule has 1 aliphatic heterocycles. The number of hydrogen-bond donors (Lipinski definition) is 1. The van der Waals surface area contributed by atoms with Crippen LogP contribution in [0, 0.1) is 6.92 Å². The Balaban J connectivity index is 1.82. The van der Waals surface area contributed by atoms with Crippen molar-refractivity contribution in [3.05, 3.63) is 83.6 Å². The van der Waals surface area contributed by atoms with Gasteiger partial charge in [0.05, 0.1) is 5.69 Å². The van der Waals surface area contributed by atoms with Crippen LogP contribution in [-0.2, 0) is 22.6 Å². The number of benzene rings is 2. The van der Waals surface area contributed by atoms with E-state index < -0.39 is 17.8 Å². The van der Waals surface area contributed by atoms with Crippen LogP contribution in [0.25, 0.3) is 17.0 Å². The summed E-state index contributed by atoms with van der Waals surface area (Å²) in [6, 6.07) is 14.2. The average molecular weight is 413 g/mol. The number of fused-ring (bicyclic) bond motifs is 1. The number of carbonyl (C=O) groups is 3. The quantitative estimate of drug-likeness (QED) is 0.384. The van der Waals surface area contributed by atoms with Crippen molar-refractivity contribution in [1.82, 2.24) is 9.88 Å². The lowest BCUT2D eigenvalue weighted by atomic mass is 10.0. The van der Waals surface area contributed by atoms with Gasteiger partial charge in [-0.3, -0.25) is 14.9 Å². The molecule has 2 heterocycles. The highest BCUT2D eigenvalue weighted by Crippen LogP contribution is 2.30. The first kappa shape index (κ1) is 20.3. The van der Waals surface area contributed by atoms with Crippen molar-refractivity contribution in [3.63, 3.8) is 0 Å². The van der Waals surface area contributed by atoms with E-state index in [4.69, 9.17) is 0 Å². The molecule has 0 spiro atoms. The third-order valence-electron chi connectivity index (χ3n) is 5.58. The van der Waals surface area contributed by atoms with E-state index >= 15 is 0 Å². The highest BCUT2D eigenvalue weighted by molar-refractivity contribution is 6.39. The number of aryl methyl sites for hydroxylation is 1. The van der Waals surface area contributed by atoms with E-state index in [9.17, 15) is 14.4 Å². The second-order valence-corrected chi connectivity index (χ2v) is 7.39. The molecule has 0 aliphatic carbocycles. The second-order valence-electron chi connectivity index (χ2n) is 7.39. The number of allylic oxidation sites excluding steroid dienone is 1. The maximum atomic E-state index is 13.2. The lowest BCUT2D eigenvalue weighted by Gasteiger charge is -2.26. The normalized spacial score (nSPS) is 15.6. The summed E-state index contributed by atoms with van der Waals surface area (Å²) >= 11 is 0. The van der Waals surface area contributed by atoms with E-state index in [0.717, 1.165) is 39.0 Å². The van der Waals surface area contributed by atoms with Crippen LogP contribution in [0.4, 0.5) is 10.5 Å². The lowest BCUT2D eigenvalue weighted by molar-refractivity contribution is -0.122. The zero-order chi connectivity index (χ0) is 22.1. The number of hydrogen-bond acceptors (Lipinski definition) is 3. The molecule has 3 aromatic rings. The minimum Gasteiger partial charge on any atom is -0.340 e. The van der Waals surface area contributed by atoms with Crippen LogP contribution in [0.5, 0.6) is 0 Å². The zero-order valence-electron chi connectivity index (χ0n) is 17.5. The van der Waals surface area contributed by atoms with E-state index in [1.165, 1.54) is 0 Å². The fraction of sp³-hybridized carbons (Fsp3) is 0.160. The van der Waals surface area contributed by atoms with E-state index in [1.54, 1.807) is 24.3 Å². The molecule has 6 nitrogen and oxygen atoms in total. The summed E-state index contributed by atoms with van der Waals surface area (Å²) in [5.41, 5.74) is 4.09. The Bertz CT molecular complexity index is 1250. The molecule has 31 heavy (non-hydrogen) atoms. The molecular formula is C25H23N3O3. The number of para-hydroxylation sites is 1. The summed E-state index contributed by atoms with van der Waals surface area (Å²) in [6.07, 6.45) is 4.22. The molecule has 1 fully saturated rings. The second kappa shape index (κ2) is 8.07. The summed E-state index contributed by atoms with van der Waals surface area (Å²) in [5, 5.41) is 3.21. The molecule has 1 saturated heterocycles. The van der Waals surface area contributed by atoms with Gasteiger partial charge in [0.15, 0.2) is 0 Å². The fourth-order valence-corrected chi connectivity index (χ4v) is 3.92. The van der Waals surface area contributed by atoms with Gasteiger partial charge in [-0.2, -0.15) is 0 Å². The Kier molecular flexibility index (Phi) is 5.29. The van der Waals surface area contributed by atoms with Gasteiger partial charge in [0.2, 0.25) is 0 Å². The summed E-state index contributed by atoms with van der Waals surface area (Å²) in [4.78, 5) is 39.3. The molecule has 0 bridgehead atoms. The Morgan fingerprint density at radius 1 is 1.03 bits per heavy atom. The minimum atomic E-state index is -0.748. The number of urea groups is 1. The highest BCUT2D eigenvalue weighted by atomic mass is 16.2. The Labute approximate surface area is 180 Å². The molecule has 156 valence electrons. The van der Waals surface area contributed by atoms with Crippen LogP contribution in [-0.4, -0.2) is 22.4 Å². The standard InChI is InChI=1S/C25H23N3O3/c1-4-14-27-16(3)20(19-8-6-7-9-22(19)27)15-21-23(29)26-25(31)28(24(21)30)18-12-10-17(5-2)11-13-18/h4,6-13,15H,1,5,14H2,2-3H3,(H,26,29,31)/b21-15-. The molecule has 0 atom stereocenters. The number of aromatic nitrogens is 1. The van der Waals surface area contributed by atoms with Gasteiger partial charge >= 0.3 is 6.03 Å². The maximum absolute atomic E-state index is 13.2. The van der Waals surface area contributed by atoms with Gasteiger partial charge in [0.1, 0.15) is 5.57 Å². The number of imide groups is 2. The largest absolute Gasteiger partial charge is 0.340 e. The highest BCUT2D eigenvalue weighted by Gasteiger charge is 2.37. The summed E-state index contributed by atoms with van der Waals surface area (Å²) in [5.74, 6) is -1.34. The fourth-order valence-electron chi connectivity index (χ4n) is 3.92. The monoisotopic (exact) mass is 413 g/mol. The van der Waals surface area contributed by atoms with Crippen LogP contribution in [0.15, 0.2) is 66.8 Å². The van der Waals surface area contributed by atoms with Crippen LogP contribution < -0.4 is 10.2 Å². The summed E-state index contributed by atoms with van der Waals surface area (Å²) in [6.45, 7) is 8.38. The van der Waals surface area contributed by atoms with Crippen molar-refractivity contribution < 1.29 is 14.4 Å². The Morgan fingerprint density at radius 2 is 1.74 bits per heavy atom. The predicted octanol–water partition coefficient (Wildman–Crippen LogP) is 4.36. The van der Waals surface area contributed by atoms with Gasteiger partial charge in [-0.05, 0) is 43.2 Å². The van der Waals surface area contributed by atoms with Crippen molar-refractivity contribution >= 4 is 40.5 Å². The molecule has 1 aliphatic rings. The van der Waals surface area contributed by atoms with Gasteiger partial charge in [-0.25, -0.2) is 9.69 Å². The molecular weight excluding hydrogens is 390 g/mol. The first-order valence-corrected chi connectivity index (χ1v) is 10.1. The van der Waals surface area contributed by atoms with Crippen molar-refractivity contribution in [2.75, 3.05) is 4.90 Å². The Hall–Kier alpha value is -3.93. The molecule has 0 unspecified atom stereocenters. The van der Waals surface area contributed by atoms with E-state index in [1.807, 2.05) is 50.2 Å². The number of amides is 4. The van der Waals surface area contributed by atoms with E-state index in [0.29, 0.717) is 12.2 Å². The van der Waals surface area contributed by atoms with Crippen molar-refractivity contribution in [2.45, 2.75) is 26.8 Å². The van der Waals surface area contributed by atoms with Gasteiger partial charge in [0, 0.05) is 28.7 Å². The minimum absolute atomic E-state index is 0.0798. The molecule has 2 aromatic carbocycles. The first-order chi connectivity index (χ1) is 15.0. The van der Waals surface area contributed by atoms with Gasteiger partial charge < -0.3 is 4.57 Å². The van der Waals surface area contributed by atoms with Gasteiger partial charge in [-0.1, -0.05) is 43.3 Å². The Morgan fingerprint density at radius 3 is 2.42 bits per heavy atom. The predicted molar refractivity (Wildman–Crippen MR) is 122 cm³/mol. The van der Waals surface area contributed by atoms with Gasteiger partial charge in [-0.15, -0.1) is 6.58 Å². The number of nitrogens with one attached hydrogen (secondary N) is 1. The number of nitrogens with zero attached hydrogens (tertiary/aromatic N) is 2. The van der Waals surface area contributed by atoms with Crippen molar-refractivity contribution in [1.29, 1.82) is 0 Å². The zero-order valence-corrected chi connectivity index (χ0v) is 17.5. The maximum Gasteiger partial charge on any atom is 0.335 e. The molecule has 6 heteroatoms. The van der Waals surface area contributed by atoms with Gasteiger partial charge in [0.25, 0.3) is 11.8 Å². The third-order valence-corrected chi connectivity index (χ3v) is 5.58. The number of rotatable bonds is 5. The lowest BCUT2D eigenvalue weighted by Crippen LogP contribution is -2.54. The summed E-state index contributed by atoms with van der Waals surface area (Å²) in [7, 11) is 0. The van der Waals surface area contributed by atoms with E-state index in [-0.39, 0.29) is 5.57 Å². The van der Waals surface area contributed by atoms with Crippen LogP contribution in [0.3, 0.4) is 0 Å². The van der Waals surface area contributed by atoms with Crippen LogP contribution in [0.2, 0.25) is 0 Å². The number of carbonyl (C=O) groups excluding carboxylic acids is 3. The molecule has 0 radical (unpaired) electrons. The topological polar surface area (TPSA) is 71.4 Å².